The molecular formula is C25H27NO3. The number of nitrogens with one attached hydrogen (secondary N) is 1. The van der Waals surface area contributed by atoms with Crippen molar-refractivity contribution >= 4 is 5.91 Å². The van der Waals surface area contributed by atoms with E-state index in [-0.39, 0.29) is 11.9 Å². The van der Waals surface area contributed by atoms with Crippen molar-refractivity contribution in [3.63, 3.8) is 0 Å². The van der Waals surface area contributed by atoms with Crippen LogP contribution in [0.1, 0.15) is 46.4 Å². The molecule has 29 heavy (non-hydrogen) atoms. The van der Waals surface area contributed by atoms with Crippen LogP contribution < -0.4 is 14.8 Å². The summed E-state index contributed by atoms with van der Waals surface area (Å²) < 4.78 is 11.2. The van der Waals surface area contributed by atoms with E-state index in [2.05, 4.69) is 18.3 Å². The molecule has 1 atom stereocenters. The molecule has 0 bridgehead atoms. The molecule has 0 spiro atoms. The number of carbonyl (C=O) groups excluding carboxylic acids is 1. The maximum Gasteiger partial charge on any atom is 0.251 e. The van der Waals surface area contributed by atoms with Crippen molar-refractivity contribution < 1.29 is 14.3 Å². The van der Waals surface area contributed by atoms with Crippen LogP contribution in [0.3, 0.4) is 0 Å². The van der Waals surface area contributed by atoms with Gasteiger partial charge in [0.1, 0.15) is 18.1 Å². The molecule has 1 unspecified atom stereocenters. The van der Waals surface area contributed by atoms with Gasteiger partial charge in [0.15, 0.2) is 0 Å². The molecule has 0 saturated carbocycles. The lowest BCUT2D eigenvalue weighted by atomic mass is 10.0. The van der Waals surface area contributed by atoms with Gasteiger partial charge in [-0.3, -0.25) is 4.79 Å². The predicted octanol–water partition coefficient (Wildman–Crippen LogP) is 5.46. The first kappa shape index (κ1) is 20.5. The molecule has 1 N–H and O–H groups in total. The van der Waals surface area contributed by atoms with Crippen LogP contribution in [0.25, 0.3) is 0 Å². The Morgan fingerprint density at radius 3 is 2.48 bits per heavy atom. The standard InChI is InChI=1S/C25H27NO3/c1-4-23(20-13-14-24(28-3)18(2)15-20)26-25(27)21-11-8-12-22(16-21)29-17-19-9-6-5-7-10-19/h5-16,23H,4,17H2,1-3H3,(H,26,27). The fourth-order valence-corrected chi connectivity index (χ4v) is 3.25. The van der Waals surface area contributed by atoms with Crippen molar-refractivity contribution in [3.8, 4) is 11.5 Å². The highest BCUT2D eigenvalue weighted by atomic mass is 16.5. The van der Waals surface area contributed by atoms with E-state index >= 15 is 0 Å². The lowest BCUT2D eigenvalue weighted by molar-refractivity contribution is 0.0935. The average Bonchev–Trinajstić information content (AvgIpc) is 2.76. The summed E-state index contributed by atoms with van der Waals surface area (Å²) in [5.41, 5.74) is 3.78. The van der Waals surface area contributed by atoms with Crippen LogP contribution in [0.4, 0.5) is 0 Å². The number of methoxy groups -OCH3 is 1. The van der Waals surface area contributed by atoms with Gasteiger partial charge in [-0.25, -0.2) is 0 Å². The zero-order chi connectivity index (χ0) is 20.6. The van der Waals surface area contributed by atoms with E-state index in [1.54, 1.807) is 19.2 Å². The number of amides is 1. The first-order valence-corrected chi connectivity index (χ1v) is 9.83. The minimum absolute atomic E-state index is 0.0685. The Labute approximate surface area is 172 Å². The van der Waals surface area contributed by atoms with E-state index in [0.717, 1.165) is 28.9 Å². The topological polar surface area (TPSA) is 47.6 Å². The fourth-order valence-electron chi connectivity index (χ4n) is 3.25. The maximum absolute atomic E-state index is 12.8. The first-order chi connectivity index (χ1) is 14.1. The van der Waals surface area contributed by atoms with Gasteiger partial charge in [0, 0.05) is 5.56 Å². The molecule has 0 aromatic heterocycles. The van der Waals surface area contributed by atoms with Crippen molar-refractivity contribution in [3.05, 3.63) is 95.1 Å². The van der Waals surface area contributed by atoms with Crippen LogP contribution >= 0.6 is 0 Å². The maximum atomic E-state index is 12.8. The molecule has 4 nitrogen and oxygen atoms in total. The summed E-state index contributed by atoms with van der Waals surface area (Å²) in [5, 5.41) is 3.13. The number of hydrogen-bond acceptors (Lipinski definition) is 3. The molecule has 3 aromatic carbocycles. The van der Waals surface area contributed by atoms with Gasteiger partial charge in [-0.05, 0) is 54.3 Å². The molecule has 0 radical (unpaired) electrons. The van der Waals surface area contributed by atoms with Gasteiger partial charge < -0.3 is 14.8 Å². The quantitative estimate of drug-likeness (QED) is 0.556. The summed E-state index contributed by atoms with van der Waals surface area (Å²) in [5.74, 6) is 1.41. The normalized spacial score (nSPS) is 11.6. The van der Waals surface area contributed by atoms with E-state index in [4.69, 9.17) is 9.47 Å². The highest BCUT2D eigenvalue weighted by Gasteiger charge is 2.15. The van der Waals surface area contributed by atoms with Crippen LogP contribution in [-0.4, -0.2) is 13.0 Å². The van der Waals surface area contributed by atoms with Gasteiger partial charge in [0.2, 0.25) is 0 Å². The second kappa shape index (κ2) is 9.78. The van der Waals surface area contributed by atoms with E-state index in [0.29, 0.717) is 17.9 Å². The highest BCUT2D eigenvalue weighted by Crippen LogP contribution is 2.25. The minimum Gasteiger partial charge on any atom is -0.496 e. The third-order valence-corrected chi connectivity index (χ3v) is 4.88. The Morgan fingerprint density at radius 1 is 1.00 bits per heavy atom. The molecule has 3 aromatic rings. The number of rotatable bonds is 8. The number of aryl methyl sites for hydroxylation is 1. The fraction of sp³-hybridized carbons (Fsp3) is 0.240. The average molecular weight is 389 g/mol. The lowest BCUT2D eigenvalue weighted by Crippen LogP contribution is -2.28. The van der Waals surface area contributed by atoms with E-state index in [1.165, 1.54) is 0 Å². The molecule has 0 saturated heterocycles. The van der Waals surface area contributed by atoms with Crippen molar-refractivity contribution in [2.45, 2.75) is 32.9 Å². The molecule has 150 valence electrons. The zero-order valence-corrected chi connectivity index (χ0v) is 17.1. The van der Waals surface area contributed by atoms with Gasteiger partial charge in [0.25, 0.3) is 5.91 Å². The monoisotopic (exact) mass is 389 g/mol. The van der Waals surface area contributed by atoms with Gasteiger partial charge in [-0.15, -0.1) is 0 Å². The van der Waals surface area contributed by atoms with Crippen LogP contribution in [0.2, 0.25) is 0 Å². The second-order valence-electron chi connectivity index (χ2n) is 6.97. The number of ether oxygens (including phenoxy) is 2. The summed E-state index contributed by atoms with van der Waals surface area (Å²) in [6.45, 7) is 4.53. The van der Waals surface area contributed by atoms with Gasteiger partial charge in [-0.2, -0.15) is 0 Å². The van der Waals surface area contributed by atoms with E-state index in [1.807, 2.05) is 61.5 Å². The summed E-state index contributed by atoms with van der Waals surface area (Å²) >= 11 is 0. The summed E-state index contributed by atoms with van der Waals surface area (Å²) in [7, 11) is 1.66. The van der Waals surface area contributed by atoms with Crippen molar-refractivity contribution in [2.75, 3.05) is 7.11 Å². The van der Waals surface area contributed by atoms with Crippen molar-refractivity contribution in [2.24, 2.45) is 0 Å². The molecule has 3 rings (SSSR count). The largest absolute Gasteiger partial charge is 0.496 e. The first-order valence-electron chi connectivity index (χ1n) is 9.83. The Balaban J connectivity index is 1.68. The van der Waals surface area contributed by atoms with Crippen molar-refractivity contribution in [1.82, 2.24) is 5.32 Å². The highest BCUT2D eigenvalue weighted by molar-refractivity contribution is 5.94. The number of benzene rings is 3. The molecule has 4 heteroatoms. The Kier molecular flexibility index (Phi) is 6.90. The lowest BCUT2D eigenvalue weighted by Gasteiger charge is -2.19. The SMILES string of the molecule is CCC(NC(=O)c1cccc(OCc2ccccc2)c1)c1ccc(OC)c(C)c1. The molecule has 1 amide bonds. The number of hydrogen-bond donors (Lipinski definition) is 1. The summed E-state index contributed by atoms with van der Waals surface area (Å²) in [6.07, 6.45) is 0.793. The smallest absolute Gasteiger partial charge is 0.251 e. The number of carbonyl (C=O) groups is 1. The molecule has 0 heterocycles. The van der Waals surface area contributed by atoms with Crippen LogP contribution in [0, 0.1) is 6.92 Å². The van der Waals surface area contributed by atoms with Gasteiger partial charge in [-0.1, -0.05) is 55.5 Å². The minimum atomic E-state index is -0.115. The second-order valence-corrected chi connectivity index (χ2v) is 6.97. The summed E-state index contributed by atoms with van der Waals surface area (Å²) in [4.78, 5) is 12.8. The molecular weight excluding hydrogens is 362 g/mol. The van der Waals surface area contributed by atoms with Crippen molar-refractivity contribution in [1.29, 1.82) is 0 Å². The zero-order valence-electron chi connectivity index (χ0n) is 17.1. The third-order valence-electron chi connectivity index (χ3n) is 4.88. The van der Waals surface area contributed by atoms with Gasteiger partial charge >= 0.3 is 0 Å². The molecule has 0 fully saturated rings. The van der Waals surface area contributed by atoms with Crippen LogP contribution in [0.15, 0.2) is 72.8 Å². The predicted molar refractivity (Wildman–Crippen MR) is 115 cm³/mol. The Morgan fingerprint density at radius 2 is 1.79 bits per heavy atom. The van der Waals surface area contributed by atoms with Crippen LogP contribution in [0.5, 0.6) is 11.5 Å². The van der Waals surface area contributed by atoms with Gasteiger partial charge in [0.05, 0.1) is 13.2 Å². The Bertz CT molecular complexity index is 953. The molecule has 0 aliphatic rings. The third kappa shape index (κ3) is 5.38. The van der Waals surface area contributed by atoms with Crippen LogP contribution in [-0.2, 0) is 6.61 Å². The summed E-state index contributed by atoms with van der Waals surface area (Å²) in [6, 6.07) is 23.2. The van der Waals surface area contributed by atoms with E-state index < -0.39 is 0 Å². The Hall–Kier alpha value is -3.27. The molecule has 0 aliphatic carbocycles. The molecule has 0 aliphatic heterocycles. The van der Waals surface area contributed by atoms with E-state index in [9.17, 15) is 4.79 Å².